The third-order valence-corrected chi connectivity index (χ3v) is 4.35. The molecule has 152 valence electrons. The number of phenolic OH excluding ortho intramolecular Hbond substituents is 1. The fraction of sp³-hybridized carbons (Fsp3) is 0.0909. The molecule has 2 N–H and O–H groups in total. The summed E-state index contributed by atoms with van der Waals surface area (Å²) in [4.78, 5) is 17.1. The zero-order valence-electron chi connectivity index (χ0n) is 15.9. The molecular weight excluding hydrogens is 391 g/mol. The number of halogens is 1. The van der Waals surface area contributed by atoms with Gasteiger partial charge in [-0.3, -0.25) is 4.79 Å². The smallest absolute Gasteiger partial charge is 0.257 e. The van der Waals surface area contributed by atoms with E-state index in [2.05, 4.69) is 10.3 Å². The summed E-state index contributed by atoms with van der Waals surface area (Å²) in [6.45, 7) is 0.177. The molecule has 0 atom stereocenters. The number of hydrogen-bond acceptors (Lipinski definition) is 6. The number of fused-ring (bicyclic) bond motifs is 1. The van der Waals surface area contributed by atoms with Gasteiger partial charge in [0.1, 0.15) is 22.7 Å². The van der Waals surface area contributed by atoms with Gasteiger partial charge in [-0.2, -0.15) is 0 Å². The molecule has 4 rings (SSSR count). The maximum Gasteiger partial charge on any atom is 0.257 e. The van der Waals surface area contributed by atoms with E-state index < -0.39 is 11.7 Å². The highest BCUT2D eigenvalue weighted by atomic mass is 19.1. The third-order valence-electron chi connectivity index (χ3n) is 4.35. The van der Waals surface area contributed by atoms with Crippen molar-refractivity contribution < 1.29 is 27.9 Å². The van der Waals surface area contributed by atoms with E-state index in [1.165, 1.54) is 43.7 Å². The van der Waals surface area contributed by atoms with Crippen LogP contribution in [0.1, 0.15) is 16.1 Å². The summed E-state index contributed by atoms with van der Waals surface area (Å²) in [5, 5.41) is 13.1. The van der Waals surface area contributed by atoms with E-state index in [4.69, 9.17) is 13.6 Å². The number of aromatic hydroxyl groups is 1. The van der Waals surface area contributed by atoms with Crippen LogP contribution >= 0.6 is 0 Å². The van der Waals surface area contributed by atoms with E-state index in [1.807, 2.05) is 0 Å². The number of methoxy groups -OCH3 is 1. The number of carbonyl (C=O) groups is 1. The molecule has 7 nitrogen and oxygen atoms in total. The molecule has 8 heteroatoms. The molecule has 2 aromatic carbocycles. The summed E-state index contributed by atoms with van der Waals surface area (Å²) in [6, 6.07) is 13.7. The van der Waals surface area contributed by atoms with E-state index in [1.54, 1.807) is 24.3 Å². The number of nitrogens with one attached hydrogen (secondary N) is 1. The Morgan fingerprint density at radius 3 is 2.80 bits per heavy atom. The predicted octanol–water partition coefficient (Wildman–Crippen LogP) is 4.04. The first-order valence-electron chi connectivity index (χ1n) is 8.99. The number of amides is 1. The molecule has 30 heavy (non-hydrogen) atoms. The zero-order chi connectivity index (χ0) is 21.1. The molecule has 4 aromatic rings. The average molecular weight is 408 g/mol. The standard InChI is InChI=1S/C22H17FN2O5/c1-28-19-7-5-14(10-18(19)23)25-22-17(21(27)24-12-16-3-2-8-29-16)9-13-4-6-15(26)11-20(13)30-22/h2-11,26H,12H2,1H3,(H,24,27). The lowest BCUT2D eigenvalue weighted by atomic mass is 10.1. The van der Waals surface area contributed by atoms with Gasteiger partial charge < -0.3 is 24.0 Å². The van der Waals surface area contributed by atoms with E-state index in [-0.39, 0.29) is 34.8 Å². The zero-order valence-corrected chi connectivity index (χ0v) is 15.9. The number of hydrogen-bond donors (Lipinski definition) is 2. The normalized spacial score (nSPS) is 11.6. The molecule has 0 saturated carbocycles. The maximum atomic E-state index is 14.1. The van der Waals surface area contributed by atoms with Crippen molar-refractivity contribution >= 4 is 22.6 Å². The van der Waals surface area contributed by atoms with Crippen molar-refractivity contribution in [3.8, 4) is 11.5 Å². The Morgan fingerprint density at radius 1 is 1.20 bits per heavy atom. The maximum absolute atomic E-state index is 14.1. The van der Waals surface area contributed by atoms with Gasteiger partial charge in [0.05, 0.1) is 25.6 Å². The lowest BCUT2D eigenvalue weighted by Crippen LogP contribution is -2.28. The summed E-state index contributed by atoms with van der Waals surface area (Å²) >= 11 is 0. The van der Waals surface area contributed by atoms with Crippen LogP contribution in [0.15, 0.2) is 74.7 Å². The van der Waals surface area contributed by atoms with E-state index >= 15 is 0 Å². The fourth-order valence-corrected chi connectivity index (χ4v) is 2.87. The van der Waals surface area contributed by atoms with Gasteiger partial charge >= 0.3 is 0 Å². The van der Waals surface area contributed by atoms with Gasteiger partial charge in [0.2, 0.25) is 5.55 Å². The van der Waals surface area contributed by atoms with Gasteiger partial charge in [0, 0.05) is 17.5 Å². The Bertz CT molecular complexity index is 1280. The van der Waals surface area contributed by atoms with Crippen molar-refractivity contribution in [2.24, 2.45) is 4.99 Å². The minimum absolute atomic E-state index is 0.00251. The predicted molar refractivity (Wildman–Crippen MR) is 106 cm³/mol. The van der Waals surface area contributed by atoms with Crippen molar-refractivity contribution in [2.75, 3.05) is 7.11 Å². The molecule has 2 aromatic heterocycles. The topological polar surface area (TPSA) is 97.2 Å². The van der Waals surface area contributed by atoms with Crippen molar-refractivity contribution in [1.29, 1.82) is 0 Å². The molecule has 0 aliphatic carbocycles. The van der Waals surface area contributed by atoms with Crippen LogP contribution in [0.2, 0.25) is 0 Å². The number of nitrogens with zero attached hydrogens (tertiary/aromatic N) is 1. The molecule has 0 radical (unpaired) electrons. The van der Waals surface area contributed by atoms with E-state index in [0.29, 0.717) is 16.7 Å². The quantitative estimate of drug-likeness (QED) is 0.519. The third kappa shape index (κ3) is 4.02. The number of ether oxygens (including phenoxy) is 1. The first-order chi connectivity index (χ1) is 14.5. The Labute approximate surface area is 170 Å². The Balaban J connectivity index is 1.79. The van der Waals surface area contributed by atoms with E-state index in [9.17, 15) is 14.3 Å². The molecule has 0 bridgehead atoms. The summed E-state index contributed by atoms with van der Waals surface area (Å²) in [7, 11) is 1.36. The number of furan rings is 1. The largest absolute Gasteiger partial charge is 0.508 e. The molecular formula is C22H17FN2O5. The second-order valence-electron chi connectivity index (χ2n) is 6.38. The Hall–Kier alpha value is -4.07. The minimum atomic E-state index is -0.596. The van der Waals surface area contributed by atoms with Crippen molar-refractivity contribution in [3.63, 3.8) is 0 Å². The second-order valence-corrected chi connectivity index (χ2v) is 6.38. The van der Waals surface area contributed by atoms with Crippen LogP contribution in [0.3, 0.4) is 0 Å². The van der Waals surface area contributed by atoms with Crippen molar-refractivity contribution in [3.05, 3.63) is 83.6 Å². The summed E-state index contributed by atoms with van der Waals surface area (Å²) in [5.74, 6) is -0.381. The van der Waals surface area contributed by atoms with Crippen LogP contribution in [0, 0.1) is 5.82 Å². The first-order valence-corrected chi connectivity index (χ1v) is 8.99. The molecule has 2 heterocycles. The number of phenols is 1. The lowest BCUT2D eigenvalue weighted by Gasteiger charge is -2.07. The SMILES string of the molecule is COc1ccc(N=c2oc3cc(O)ccc3cc2C(=O)NCc2ccco2)cc1F. The van der Waals surface area contributed by atoms with Crippen LogP contribution in [-0.4, -0.2) is 18.1 Å². The molecule has 0 saturated heterocycles. The molecule has 0 fully saturated rings. The minimum Gasteiger partial charge on any atom is -0.508 e. The van der Waals surface area contributed by atoms with Crippen molar-refractivity contribution in [2.45, 2.75) is 6.54 Å². The van der Waals surface area contributed by atoms with Crippen LogP contribution in [-0.2, 0) is 6.54 Å². The summed E-state index contributed by atoms with van der Waals surface area (Å²) in [6.07, 6.45) is 1.51. The molecule has 0 spiro atoms. The van der Waals surface area contributed by atoms with Crippen LogP contribution in [0.25, 0.3) is 11.0 Å². The summed E-state index contributed by atoms with van der Waals surface area (Å²) in [5.41, 5.74) is 0.674. The van der Waals surface area contributed by atoms with Gasteiger partial charge in [-0.05, 0) is 42.5 Å². The van der Waals surface area contributed by atoms with Gasteiger partial charge in [-0.1, -0.05) is 0 Å². The Morgan fingerprint density at radius 2 is 2.07 bits per heavy atom. The molecule has 1 amide bonds. The van der Waals surface area contributed by atoms with Gasteiger partial charge in [-0.25, -0.2) is 9.38 Å². The van der Waals surface area contributed by atoms with Crippen molar-refractivity contribution in [1.82, 2.24) is 5.32 Å². The Kier molecular flexibility index (Phi) is 5.21. The fourth-order valence-electron chi connectivity index (χ4n) is 2.87. The van der Waals surface area contributed by atoms with Crippen LogP contribution in [0.5, 0.6) is 11.5 Å². The first kappa shape index (κ1) is 19.3. The molecule has 0 aliphatic rings. The molecule has 0 unspecified atom stereocenters. The lowest BCUT2D eigenvalue weighted by molar-refractivity contribution is 0.0944. The highest BCUT2D eigenvalue weighted by Gasteiger charge is 2.14. The summed E-state index contributed by atoms with van der Waals surface area (Å²) < 4.78 is 30.0. The second kappa shape index (κ2) is 8.12. The number of carbonyl (C=O) groups excluding carboxylic acids is 1. The highest BCUT2D eigenvalue weighted by molar-refractivity contribution is 5.96. The van der Waals surface area contributed by atoms with Gasteiger partial charge in [0.25, 0.3) is 5.91 Å². The van der Waals surface area contributed by atoms with Crippen LogP contribution < -0.4 is 15.6 Å². The number of benzene rings is 2. The number of rotatable bonds is 5. The highest BCUT2D eigenvalue weighted by Crippen LogP contribution is 2.23. The van der Waals surface area contributed by atoms with E-state index in [0.717, 1.165) is 0 Å². The molecule has 0 aliphatic heterocycles. The average Bonchev–Trinajstić information content (AvgIpc) is 3.25. The monoisotopic (exact) mass is 408 g/mol. The van der Waals surface area contributed by atoms with Gasteiger partial charge in [-0.15, -0.1) is 0 Å². The van der Waals surface area contributed by atoms with Crippen LogP contribution in [0.4, 0.5) is 10.1 Å². The van der Waals surface area contributed by atoms with Gasteiger partial charge in [0.15, 0.2) is 11.6 Å².